The number of ether oxygens (including phenoxy) is 1. The molecule has 0 aromatic heterocycles. The molecule has 3 heteroatoms. The van der Waals surface area contributed by atoms with Crippen LogP contribution in [0.15, 0.2) is 0 Å². The van der Waals surface area contributed by atoms with Gasteiger partial charge in [-0.25, -0.2) is 5.01 Å². The molecule has 1 N–H and O–H groups in total. The molecule has 1 heterocycles. The molecule has 0 aromatic rings. The molecule has 0 unspecified atom stereocenters. The number of morpholine rings is 1. The van der Waals surface area contributed by atoms with Crippen molar-refractivity contribution in [1.29, 1.82) is 0 Å². The molecule has 1 saturated heterocycles. The van der Waals surface area contributed by atoms with Crippen LogP contribution >= 0.6 is 0 Å². The highest BCUT2D eigenvalue weighted by molar-refractivity contribution is 4.82. The highest BCUT2D eigenvalue weighted by atomic mass is 16.5. The highest BCUT2D eigenvalue weighted by Gasteiger charge is 2.28. The molecular weight excluding hydrogens is 176 g/mol. The Morgan fingerprint density at radius 1 is 1.21 bits per heavy atom. The van der Waals surface area contributed by atoms with E-state index >= 15 is 0 Å². The summed E-state index contributed by atoms with van der Waals surface area (Å²) in [6, 6.07) is 0. The second-order valence-electron chi connectivity index (χ2n) is 4.95. The summed E-state index contributed by atoms with van der Waals surface area (Å²) in [4.78, 5) is 0. The van der Waals surface area contributed by atoms with Gasteiger partial charge < -0.3 is 4.74 Å². The monoisotopic (exact) mass is 198 g/mol. The molecule has 3 nitrogen and oxygen atoms in total. The zero-order valence-electron chi connectivity index (χ0n) is 9.22. The van der Waals surface area contributed by atoms with Crippen LogP contribution < -0.4 is 5.43 Å². The van der Waals surface area contributed by atoms with Crippen LogP contribution in [-0.2, 0) is 4.74 Å². The first kappa shape index (κ1) is 10.4. The minimum atomic E-state index is 0.554. The van der Waals surface area contributed by atoms with Gasteiger partial charge in [0.2, 0.25) is 0 Å². The van der Waals surface area contributed by atoms with Crippen molar-refractivity contribution in [2.24, 2.45) is 5.41 Å². The summed E-state index contributed by atoms with van der Waals surface area (Å²) >= 11 is 0. The average molecular weight is 198 g/mol. The average Bonchev–Trinajstić information content (AvgIpc) is 2.65. The largest absolute Gasteiger partial charge is 0.379 e. The second-order valence-corrected chi connectivity index (χ2v) is 4.95. The molecule has 0 spiro atoms. The molecule has 82 valence electrons. The Morgan fingerprint density at radius 3 is 2.50 bits per heavy atom. The quantitative estimate of drug-likeness (QED) is 0.742. The van der Waals surface area contributed by atoms with Crippen LogP contribution in [0.25, 0.3) is 0 Å². The first-order valence-corrected chi connectivity index (χ1v) is 5.85. The summed E-state index contributed by atoms with van der Waals surface area (Å²) in [7, 11) is 0. The third-order valence-corrected chi connectivity index (χ3v) is 3.55. The van der Waals surface area contributed by atoms with Gasteiger partial charge in [-0.3, -0.25) is 5.43 Å². The Morgan fingerprint density at radius 2 is 1.86 bits per heavy atom. The molecule has 2 rings (SSSR count). The van der Waals surface area contributed by atoms with Crippen LogP contribution in [0.1, 0.15) is 32.6 Å². The van der Waals surface area contributed by atoms with Gasteiger partial charge in [0.05, 0.1) is 13.2 Å². The topological polar surface area (TPSA) is 24.5 Å². The van der Waals surface area contributed by atoms with E-state index in [0.717, 1.165) is 32.8 Å². The lowest BCUT2D eigenvalue weighted by Gasteiger charge is -2.32. The van der Waals surface area contributed by atoms with E-state index in [-0.39, 0.29) is 0 Å². The normalized spacial score (nSPS) is 28.1. The molecule has 2 aliphatic rings. The van der Waals surface area contributed by atoms with E-state index in [1.807, 2.05) is 0 Å². The predicted octanol–water partition coefficient (Wildman–Crippen LogP) is 1.40. The minimum Gasteiger partial charge on any atom is -0.379 e. The van der Waals surface area contributed by atoms with Crippen LogP contribution in [0.2, 0.25) is 0 Å². The summed E-state index contributed by atoms with van der Waals surface area (Å²) in [5.41, 5.74) is 4.11. The van der Waals surface area contributed by atoms with Crippen LogP contribution in [-0.4, -0.2) is 37.9 Å². The molecule has 14 heavy (non-hydrogen) atoms. The Balaban J connectivity index is 1.70. The standard InChI is InChI=1S/C11H22N2O/c1-11(4-2-3-5-11)10-12-13-6-8-14-9-7-13/h12H,2-10H2,1H3. The molecule has 0 amide bonds. The van der Waals surface area contributed by atoms with Crippen molar-refractivity contribution < 1.29 is 4.74 Å². The molecule has 1 saturated carbocycles. The first-order chi connectivity index (χ1) is 6.79. The van der Waals surface area contributed by atoms with Gasteiger partial charge in [0, 0.05) is 19.6 Å². The van der Waals surface area contributed by atoms with Gasteiger partial charge in [0.25, 0.3) is 0 Å². The van der Waals surface area contributed by atoms with Gasteiger partial charge in [-0.05, 0) is 18.3 Å². The zero-order chi connectivity index (χ0) is 9.86. The Bertz CT molecular complexity index is 172. The minimum absolute atomic E-state index is 0.554. The summed E-state index contributed by atoms with van der Waals surface area (Å²) < 4.78 is 5.31. The fourth-order valence-electron chi connectivity index (χ4n) is 2.43. The Kier molecular flexibility index (Phi) is 3.42. The van der Waals surface area contributed by atoms with E-state index in [0.29, 0.717) is 5.41 Å². The fourth-order valence-corrected chi connectivity index (χ4v) is 2.43. The van der Waals surface area contributed by atoms with E-state index in [9.17, 15) is 0 Å². The summed E-state index contributed by atoms with van der Waals surface area (Å²) in [5.74, 6) is 0. The number of hydrogen-bond donors (Lipinski definition) is 1. The molecule has 0 aromatic carbocycles. The smallest absolute Gasteiger partial charge is 0.0608 e. The number of hydrazine groups is 1. The van der Waals surface area contributed by atoms with Gasteiger partial charge in [-0.15, -0.1) is 0 Å². The maximum absolute atomic E-state index is 5.31. The summed E-state index contributed by atoms with van der Waals surface area (Å²) in [6.45, 7) is 7.39. The van der Waals surface area contributed by atoms with Gasteiger partial charge in [-0.1, -0.05) is 19.8 Å². The van der Waals surface area contributed by atoms with Crippen molar-refractivity contribution in [2.75, 3.05) is 32.8 Å². The van der Waals surface area contributed by atoms with Crippen molar-refractivity contribution in [3.63, 3.8) is 0 Å². The van der Waals surface area contributed by atoms with E-state index in [1.54, 1.807) is 0 Å². The summed E-state index contributed by atoms with van der Waals surface area (Å²) in [6.07, 6.45) is 5.62. The SMILES string of the molecule is CC1(CNN2CCOCC2)CCCC1. The maximum Gasteiger partial charge on any atom is 0.0608 e. The number of nitrogens with one attached hydrogen (secondary N) is 1. The van der Waals surface area contributed by atoms with Crippen LogP contribution in [0.4, 0.5) is 0 Å². The zero-order valence-corrected chi connectivity index (χ0v) is 9.22. The van der Waals surface area contributed by atoms with Crippen molar-refractivity contribution in [3.8, 4) is 0 Å². The van der Waals surface area contributed by atoms with Crippen LogP contribution in [0.3, 0.4) is 0 Å². The highest BCUT2D eigenvalue weighted by Crippen LogP contribution is 2.36. The van der Waals surface area contributed by atoms with Gasteiger partial charge in [0.1, 0.15) is 0 Å². The summed E-state index contributed by atoms with van der Waals surface area (Å²) in [5, 5.41) is 2.31. The predicted molar refractivity (Wildman–Crippen MR) is 57.0 cm³/mol. The lowest BCUT2D eigenvalue weighted by atomic mass is 9.89. The third-order valence-electron chi connectivity index (χ3n) is 3.55. The van der Waals surface area contributed by atoms with Gasteiger partial charge >= 0.3 is 0 Å². The third kappa shape index (κ3) is 2.69. The van der Waals surface area contributed by atoms with Crippen molar-refractivity contribution >= 4 is 0 Å². The Labute approximate surface area is 86.8 Å². The van der Waals surface area contributed by atoms with Crippen molar-refractivity contribution in [3.05, 3.63) is 0 Å². The Hall–Kier alpha value is -0.120. The van der Waals surface area contributed by atoms with E-state index in [2.05, 4.69) is 17.4 Å². The lowest BCUT2D eigenvalue weighted by molar-refractivity contribution is 0.00498. The fraction of sp³-hybridized carbons (Fsp3) is 1.00. The maximum atomic E-state index is 5.31. The van der Waals surface area contributed by atoms with Gasteiger partial charge in [0.15, 0.2) is 0 Å². The van der Waals surface area contributed by atoms with E-state index < -0.39 is 0 Å². The second kappa shape index (κ2) is 4.60. The molecule has 1 aliphatic carbocycles. The molecule has 0 radical (unpaired) electrons. The van der Waals surface area contributed by atoms with Crippen LogP contribution in [0, 0.1) is 5.41 Å². The van der Waals surface area contributed by atoms with E-state index in [4.69, 9.17) is 4.74 Å². The molecular formula is C11H22N2O. The number of hydrogen-bond acceptors (Lipinski definition) is 3. The molecule has 1 aliphatic heterocycles. The number of nitrogens with zero attached hydrogens (tertiary/aromatic N) is 1. The molecule has 2 fully saturated rings. The van der Waals surface area contributed by atoms with Gasteiger partial charge in [-0.2, -0.15) is 0 Å². The van der Waals surface area contributed by atoms with Crippen LogP contribution in [0.5, 0.6) is 0 Å². The van der Waals surface area contributed by atoms with Crippen molar-refractivity contribution in [2.45, 2.75) is 32.6 Å². The van der Waals surface area contributed by atoms with E-state index in [1.165, 1.54) is 25.7 Å². The molecule has 0 bridgehead atoms. The number of rotatable bonds is 3. The molecule has 0 atom stereocenters. The van der Waals surface area contributed by atoms with Crippen molar-refractivity contribution in [1.82, 2.24) is 10.4 Å². The first-order valence-electron chi connectivity index (χ1n) is 5.85. The lowest BCUT2D eigenvalue weighted by Crippen LogP contribution is -2.48.